The minimum Gasteiger partial charge on any atom is -0.361 e. The van der Waals surface area contributed by atoms with Crippen molar-refractivity contribution in [3.63, 3.8) is 0 Å². The summed E-state index contributed by atoms with van der Waals surface area (Å²) >= 11 is 0. The van der Waals surface area contributed by atoms with E-state index >= 15 is 0 Å². The molecule has 120 valence electrons. The summed E-state index contributed by atoms with van der Waals surface area (Å²) in [5.74, 6) is 0.0325. The van der Waals surface area contributed by atoms with Gasteiger partial charge in [-0.15, -0.1) is 0 Å². The van der Waals surface area contributed by atoms with Gasteiger partial charge in [0, 0.05) is 34.9 Å². The molecule has 4 rings (SSSR count). The third-order valence-corrected chi connectivity index (χ3v) is 4.34. The Hall–Kier alpha value is -3.01. The van der Waals surface area contributed by atoms with Crippen LogP contribution in [0.2, 0.25) is 0 Å². The van der Waals surface area contributed by atoms with Gasteiger partial charge in [0.15, 0.2) is 0 Å². The Morgan fingerprint density at radius 1 is 1.08 bits per heavy atom. The van der Waals surface area contributed by atoms with Crippen LogP contribution < -0.4 is 5.32 Å². The minimum atomic E-state index is 0.0325. The monoisotopic (exact) mass is 317 g/mol. The number of hydrogen-bond acceptors (Lipinski definition) is 1. The minimum absolute atomic E-state index is 0.0325. The van der Waals surface area contributed by atoms with Gasteiger partial charge < -0.3 is 15.3 Å². The van der Waals surface area contributed by atoms with Crippen LogP contribution in [0.4, 0.5) is 0 Å². The molecule has 4 heteroatoms. The van der Waals surface area contributed by atoms with Gasteiger partial charge >= 0.3 is 0 Å². The van der Waals surface area contributed by atoms with E-state index in [2.05, 4.69) is 33.5 Å². The molecular weight excluding hydrogens is 298 g/mol. The summed E-state index contributed by atoms with van der Waals surface area (Å²) < 4.78 is 0. The van der Waals surface area contributed by atoms with Crippen LogP contribution in [0.25, 0.3) is 21.8 Å². The van der Waals surface area contributed by atoms with E-state index in [-0.39, 0.29) is 5.91 Å². The molecule has 0 unspecified atom stereocenters. The molecule has 4 nitrogen and oxygen atoms in total. The number of fused-ring (bicyclic) bond motifs is 2. The average molecular weight is 317 g/mol. The van der Waals surface area contributed by atoms with E-state index in [1.54, 1.807) is 0 Å². The SMILES string of the molecule is Cc1cc2cc(CNC(=O)Cc3c[nH]c4ccccc34)ccc2[nH]1. The van der Waals surface area contributed by atoms with Gasteiger partial charge in [0.05, 0.1) is 6.42 Å². The number of benzene rings is 2. The summed E-state index contributed by atoms with van der Waals surface area (Å²) in [5, 5.41) is 5.30. The maximum absolute atomic E-state index is 12.3. The van der Waals surface area contributed by atoms with E-state index in [0.717, 1.165) is 33.2 Å². The van der Waals surface area contributed by atoms with Crippen LogP contribution >= 0.6 is 0 Å². The Bertz CT molecular complexity index is 1030. The lowest BCUT2D eigenvalue weighted by Crippen LogP contribution is -2.24. The molecule has 0 radical (unpaired) electrons. The maximum Gasteiger partial charge on any atom is 0.224 e. The zero-order valence-corrected chi connectivity index (χ0v) is 13.5. The molecule has 0 aliphatic rings. The summed E-state index contributed by atoms with van der Waals surface area (Å²) in [6.07, 6.45) is 2.30. The molecule has 0 aliphatic heterocycles. The van der Waals surface area contributed by atoms with Gasteiger partial charge in [-0.25, -0.2) is 0 Å². The van der Waals surface area contributed by atoms with Crippen molar-refractivity contribution in [3.05, 3.63) is 71.5 Å². The van der Waals surface area contributed by atoms with Gasteiger partial charge in [-0.1, -0.05) is 24.3 Å². The fourth-order valence-corrected chi connectivity index (χ4v) is 3.15. The van der Waals surface area contributed by atoms with Crippen LogP contribution in [0.5, 0.6) is 0 Å². The maximum atomic E-state index is 12.3. The smallest absolute Gasteiger partial charge is 0.224 e. The van der Waals surface area contributed by atoms with E-state index < -0.39 is 0 Å². The number of amides is 1. The molecule has 0 atom stereocenters. The molecule has 2 heterocycles. The van der Waals surface area contributed by atoms with Gasteiger partial charge in [0.2, 0.25) is 5.91 Å². The molecule has 3 N–H and O–H groups in total. The molecule has 0 aliphatic carbocycles. The van der Waals surface area contributed by atoms with Crippen molar-refractivity contribution in [2.45, 2.75) is 19.9 Å². The van der Waals surface area contributed by atoms with E-state index in [1.807, 2.05) is 43.5 Å². The number of aryl methyl sites for hydroxylation is 1. The molecule has 24 heavy (non-hydrogen) atoms. The number of H-pyrrole nitrogens is 2. The number of carbonyl (C=O) groups is 1. The molecule has 2 aromatic carbocycles. The van der Waals surface area contributed by atoms with E-state index in [0.29, 0.717) is 13.0 Å². The molecular formula is C20H19N3O. The van der Waals surface area contributed by atoms with Crippen molar-refractivity contribution < 1.29 is 4.79 Å². The van der Waals surface area contributed by atoms with Crippen molar-refractivity contribution in [1.29, 1.82) is 0 Å². The van der Waals surface area contributed by atoms with E-state index in [9.17, 15) is 4.79 Å². The quantitative estimate of drug-likeness (QED) is 0.526. The van der Waals surface area contributed by atoms with Crippen LogP contribution in [0.3, 0.4) is 0 Å². The largest absolute Gasteiger partial charge is 0.361 e. The second kappa shape index (κ2) is 5.89. The molecule has 0 fully saturated rings. The predicted octanol–water partition coefficient (Wildman–Crippen LogP) is 3.82. The Morgan fingerprint density at radius 2 is 1.96 bits per heavy atom. The normalized spacial score (nSPS) is 11.2. The Morgan fingerprint density at radius 3 is 2.88 bits per heavy atom. The Labute approximate surface area is 139 Å². The van der Waals surface area contributed by atoms with Gasteiger partial charge in [0.1, 0.15) is 0 Å². The molecule has 4 aromatic rings. The van der Waals surface area contributed by atoms with Gasteiger partial charge in [-0.3, -0.25) is 4.79 Å². The van der Waals surface area contributed by atoms with E-state index in [4.69, 9.17) is 0 Å². The number of aromatic amines is 2. The number of aromatic nitrogens is 2. The lowest BCUT2D eigenvalue weighted by atomic mass is 10.1. The summed E-state index contributed by atoms with van der Waals surface area (Å²) in [6.45, 7) is 2.59. The Kier molecular flexibility index (Phi) is 3.58. The molecule has 2 aromatic heterocycles. The molecule has 0 saturated heterocycles. The number of nitrogens with one attached hydrogen (secondary N) is 3. The third kappa shape index (κ3) is 2.78. The first-order valence-electron chi connectivity index (χ1n) is 8.09. The lowest BCUT2D eigenvalue weighted by molar-refractivity contribution is -0.120. The van der Waals surface area contributed by atoms with Crippen LogP contribution in [0.1, 0.15) is 16.8 Å². The van der Waals surface area contributed by atoms with Crippen LogP contribution in [0, 0.1) is 6.92 Å². The molecule has 0 spiro atoms. The fraction of sp³-hybridized carbons (Fsp3) is 0.150. The highest BCUT2D eigenvalue weighted by atomic mass is 16.1. The summed E-state index contributed by atoms with van der Waals surface area (Å²) in [5.41, 5.74) is 5.47. The summed E-state index contributed by atoms with van der Waals surface area (Å²) in [7, 11) is 0. The second-order valence-electron chi connectivity index (χ2n) is 6.19. The molecule has 0 saturated carbocycles. The lowest BCUT2D eigenvalue weighted by Gasteiger charge is -2.05. The topological polar surface area (TPSA) is 60.7 Å². The number of rotatable bonds is 4. The zero-order chi connectivity index (χ0) is 16.5. The van der Waals surface area contributed by atoms with Crippen molar-refractivity contribution in [1.82, 2.24) is 15.3 Å². The van der Waals surface area contributed by atoms with Crippen LogP contribution in [0.15, 0.2) is 54.7 Å². The highest BCUT2D eigenvalue weighted by molar-refractivity contribution is 5.89. The number of para-hydroxylation sites is 1. The van der Waals surface area contributed by atoms with Gasteiger partial charge in [-0.05, 0) is 47.7 Å². The van der Waals surface area contributed by atoms with E-state index in [1.165, 1.54) is 5.39 Å². The van der Waals surface area contributed by atoms with Crippen molar-refractivity contribution in [2.24, 2.45) is 0 Å². The first kappa shape index (κ1) is 14.6. The average Bonchev–Trinajstić information content (AvgIpc) is 3.15. The predicted molar refractivity (Wildman–Crippen MR) is 96.9 cm³/mol. The summed E-state index contributed by atoms with van der Waals surface area (Å²) in [4.78, 5) is 18.8. The molecule has 1 amide bonds. The Balaban J connectivity index is 1.43. The van der Waals surface area contributed by atoms with Crippen LogP contribution in [-0.2, 0) is 17.8 Å². The zero-order valence-electron chi connectivity index (χ0n) is 13.5. The number of hydrogen-bond donors (Lipinski definition) is 3. The van der Waals surface area contributed by atoms with Crippen molar-refractivity contribution >= 4 is 27.7 Å². The molecule has 0 bridgehead atoms. The summed E-state index contributed by atoms with van der Waals surface area (Å²) in [6, 6.07) is 16.4. The third-order valence-electron chi connectivity index (χ3n) is 4.34. The standard InChI is InChI=1S/C20H19N3O/c1-13-8-15-9-14(6-7-18(15)23-13)11-22-20(24)10-16-12-21-19-5-3-2-4-17(16)19/h2-9,12,21,23H,10-11H2,1H3,(H,22,24). The second-order valence-corrected chi connectivity index (χ2v) is 6.19. The van der Waals surface area contributed by atoms with Gasteiger partial charge in [0.25, 0.3) is 0 Å². The van der Waals surface area contributed by atoms with Crippen molar-refractivity contribution in [3.8, 4) is 0 Å². The number of carbonyl (C=O) groups excluding carboxylic acids is 1. The highest BCUT2D eigenvalue weighted by Crippen LogP contribution is 2.19. The van der Waals surface area contributed by atoms with Crippen molar-refractivity contribution in [2.75, 3.05) is 0 Å². The first-order valence-corrected chi connectivity index (χ1v) is 8.09. The fourth-order valence-electron chi connectivity index (χ4n) is 3.15. The van der Waals surface area contributed by atoms with Crippen LogP contribution in [-0.4, -0.2) is 15.9 Å². The highest BCUT2D eigenvalue weighted by Gasteiger charge is 2.08. The van der Waals surface area contributed by atoms with Gasteiger partial charge in [-0.2, -0.15) is 0 Å². The first-order chi connectivity index (χ1) is 11.7.